The Bertz CT molecular complexity index is 662. The predicted molar refractivity (Wildman–Crippen MR) is 72.0 cm³/mol. The third-order valence-electron chi connectivity index (χ3n) is 2.44. The minimum Gasteiger partial charge on any atom is -0.459 e. The van der Waals surface area contributed by atoms with Crippen molar-refractivity contribution in [2.75, 3.05) is 0 Å². The summed E-state index contributed by atoms with van der Waals surface area (Å²) in [7, 11) is 0. The normalized spacial score (nSPS) is 11.9. The Kier molecular flexibility index (Phi) is 4.62. The van der Waals surface area contributed by atoms with E-state index >= 15 is 0 Å². The molecule has 0 spiro atoms. The van der Waals surface area contributed by atoms with Crippen molar-refractivity contribution in [3.8, 4) is 12.1 Å². The molecule has 0 aromatic heterocycles. The second-order valence-corrected chi connectivity index (χ2v) is 5.24. The number of carbonyl (C=O) groups excluding carboxylic acids is 1. The lowest BCUT2D eigenvalue weighted by atomic mass is 9.97. The van der Waals surface area contributed by atoms with Crippen molar-refractivity contribution in [3.05, 3.63) is 39.4 Å². The molecule has 1 atom stereocenters. The fourth-order valence-corrected chi connectivity index (χ4v) is 1.63. The number of rotatable bonds is 3. The van der Waals surface area contributed by atoms with Gasteiger partial charge in [-0.2, -0.15) is 10.5 Å². The molecule has 1 aromatic carbocycles. The van der Waals surface area contributed by atoms with E-state index < -0.39 is 28.1 Å². The van der Waals surface area contributed by atoms with Crippen LogP contribution in [0.15, 0.2) is 18.2 Å². The van der Waals surface area contributed by atoms with E-state index in [9.17, 15) is 14.9 Å². The van der Waals surface area contributed by atoms with Crippen LogP contribution in [-0.2, 0) is 9.53 Å². The van der Waals surface area contributed by atoms with E-state index in [0.717, 1.165) is 6.07 Å². The van der Waals surface area contributed by atoms with E-state index in [-0.39, 0.29) is 11.1 Å². The van der Waals surface area contributed by atoms with E-state index in [1.165, 1.54) is 12.1 Å². The fraction of sp³-hybridized carbons (Fsp3) is 0.357. The number of nitriles is 2. The monoisotopic (exact) mass is 287 g/mol. The highest BCUT2D eigenvalue weighted by Gasteiger charge is 2.32. The highest BCUT2D eigenvalue weighted by atomic mass is 16.6. The van der Waals surface area contributed by atoms with Crippen LogP contribution in [0.2, 0.25) is 0 Å². The summed E-state index contributed by atoms with van der Waals surface area (Å²) in [5.41, 5.74) is -1.28. The number of nitro groups is 1. The average Bonchev–Trinajstić information content (AvgIpc) is 2.37. The van der Waals surface area contributed by atoms with Crippen molar-refractivity contribution in [2.24, 2.45) is 0 Å². The smallest absolute Gasteiger partial charge is 0.328 e. The molecule has 0 fully saturated rings. The van der Waals surface area contributed by atoms with Crippen LogP contribution in [0.4, 0.5) is 5.69 Å². The Morgan fingerprint density at radius 2 is 2.00 bits per heavy atom. The van der Waals surface area contributed by atoms with E-state index in [1.807, 2.05) is 0 Å². The van der Waals surface area contributed by atoms with Crippen molar-refractivity contribution < 1.29 is 14.5 Å². The molecular formula is C14H13N3O4. The largest absolute Gasteiger partial charge is 0.459 e. The summed E-state index contributed by atoms with van der Waals surface area (Å²) in [4.78, 5) is 22.3. The number of nitrogens with zero attached hydrogens (tertiary/aromatic N) is 3. The van der Waals surface area contributed by atoms with Crippen molar-refractivity contribution in [1.29, 1.82) is 10.5 Å². The zero-order valence-corrected chi connectivity index (χ0v) is 11.8. The molecule has 21 heavy (non-hydrogen) atoms. The summed E-state index contributed by atoms with van der Waals surface area (Å²) in [5, 5.41) is 29.0. The molecule has 7 nitrogen and oxygen atoms in total. The Morgan fingerprint density at radius 3 is 2.43 bits per heavy atom. The third-order valence-corrected chi connectivity index (χ3v) is 2.44. The van der Waals surface area contributed by atoms with Crippen LogP contribution in [-0.4, -0.2) is 16.5 Å². The van der Waals surface area contributed by atoms with E-state index in [1.54, 1.807) is 32.9 Å². The Labute approximate surface area is 121 Å². The fourth-order valence-electron chi connectivity index (χ4n) is 1.63. The standard InChI is InChI=1S/C14H13N3O4/c1-14(2,3)21-13(18)11(8-16)10-5-4-9(7-15)6-12(10)17(19)20/h4-6,11H,1-3H3. The predicted octanol–water partition coefficient (Wildman–Crippen LogP) is 2.42. The molecule has 0 N–H and O–H groups in total. The van der Waals surface area contributed by atoms with Gasteiger partial charge in [0.05, 0.1) is 28.2 Å². The first-order valence-electron chi connectivity index (χ1n) is 6.00. The second kappa shape index (κ2) is 6.02. The number of benzene rings is 1. The quantitative estimate of drug-likeness (QED) is 0.478. The van der Waals surface area contributed by atoms with Gasteiger partial charge in [0.25, 0.3) is 5.69 Å². The SMILES string of the molecule is CC(C)(C)OC(=O)C(C#N)c1ccc(C#N)cc1[N+](=O)[O-]. The Morgan fingerprint density at radius 1 is 1.38 bits per heavy atom. The topological polar surface area (TPSA) is 117 Å². The highest BCUT2D eigenvalue weighted by molar-refractivity contribution is 5.83. The molecule has 0 bridgehead atoms. The van der Waals surface area contributed by atoms with Gasteiger partial charge < -0.3 is 4.74 Å². The lowest BCUT2D eigenvalue weighted by molar-refractivity contribution is -0.385. The second-order valence-electron chi connectivity index (χ2n) is 5.24. The lowest BCUT2D eigenvalue weighted by Gasteiger charge is -2.21. The molecule has 0 radical (unpaired) electrons. The molecule has 1 unspecified atom stereocenters. The summed E-state index contributed by atoms with van der Waals surface area (Å²) in [6, 6.07) is 7.06. The molecule has 0 heterocycles. The van der Waals surface area contributed by atoms with Gasteiger partial charge in [0, 0.05) is 6.07 Å². The zero-order chi connectivity index (χ0) is 16.2. The summed E-state index contributed by atoms with van der Waals surface area (Å²) in [6.45, 7) is 4.89. The maximum absolute atomic E-state index is 12.0. The van der Waals surface area contributed by atoms with Crippen LogP contribution in [0.5, 0.6) is 0 Å². The van der Waals surface area contributed by atoms with Crippen LogP contribution in [0.25, 0.3) is 0 Å². The van der Waals surface area contributed by atoms with Gasteiger partial charge in [0.1, 0.15) is 5.60 Å². The molecule has 0 aliphatic heterocycles. The van der Waals surface area contributed by atoms with Crippen LogP contribution in [0.1, 0.15) is 37.8 Å². The van der Waals surface area contributed by atoms with Crippen molar-refractivity contribution >= 4 is 11.7 Å². The number of hydrogen-bond acceptors (Lipinski definition) is 6. The van der Waals surface area contributed by atoms with Gasteiger partial charge in [-0.3, -0.25) is 14.9 Å². The zero-order valence-electron chi connectivity index (χ0n) is 11.8. The van der Waals surface area contributed by atoms with Gasteiger partial charge in [-0.25, -0.2) is 0 Å². The van der Waals surface area contributed by atoms with E-state index in [0.29, 0.717) is 0 Å². The van der Waals surface area contributed by atoms with Gasteiger partial charge >= 0.3 is 5.97 Å². The Hall–Kier alpha value is -2.93. The van der Waals surface area contributed by atoms with Crippen LogP contribution in [0, 0.1) is 32.8 Å². The van der Waals surface area contributed by atoms with E-state index in [2.05, 4.69) is 0 Å². The number of esters is 1. The number of hydrogen-bond donors (Lipinski definition) is 0. The van der Waals surface area contributed by atoms with Crippen LogP contribution in [0.3, 0.4) is 0 Å². The van der Waals surface area contributed by atoms with Crippen LogP contribution >= 0.6 is 0 Å². The molecule has 7 heteroatoms. The Balaban J connectivity index is 3.30. The molecular weight excluding hydrogens is 274 g/mol. The molecule has 108 valence electrons. The maximum Gasteiger partial charge on any atom is 0.328 e. The first-order chi connectivity index (χ1) is 9.69. The number of ether oxygens (including phenoxy) is 1. The minimum absolute atomic E-state index is 0.0753. The van der Waals surface area contributed by atoms with Gasteiger partial charge in [-0.05, 0) is 32.9 Å². The molecule has 0 amide bonds. The lowest BCUT2D eigenvalue weighted by Crippen LogP contribution is -2.27. The van der Waals surface area contributed by atoms with Crippen molar-refractivity contribution in [2.45, 2.75) is 32.3 Å². The minimum atomic E-state index is -1.42. The number of carbonyl (C=O) groups is 1. The first kappa shape index (κ1) is 16.1. The van der Waals surface area contributed by atoms with Crippen LogP contribution < -0.4 is 0 Å². The van der Waals surface area contributed by atoms with Crippen molar-refractivity contribution in [3.63, 3.8) is 0 Å². The molecule has 1 rings (SSSR count). The average molecular weight is 287 g/mol. The summed E-state index contributed by atoms with van der Waals surface area (Å²) < 4.78 is 5.09. The summed E-state index contributed by atoms with van der Waals surface area (Å²) >= 11 is 0. The summed E-state index contributed by atoms with van der Waals surface area (Å²) in [6.07, 6.45) is 0. The first-order valence-corrected chi connectivity index (χ1v) is 6.00. The maximum atomic E-state index is 12.0. The number of nitro benzene ring substituents is 1. The van der Waals surface area contributed by atoms with Gasteiger partial charge in [-0.15, -0.1) is 0 Å². The van der Waals surface area contributed by atoms with Gasteiger partial charge in [0.2, 0.25) is 0 Å². The van der Waals surface area contributed by atoms with Crippen molar-refractivity contribution in [1.82, 2.24) is 0 Å². The van der Waals surface area contributed by atoms with Gasteiger partial charge in [-0.1, -0.05) is 0 Å². The molecule has 0 saturated heterocycles. The van der Waals surface area contributed by atoms with Gasteiger partial charge in [0.15, 0.2) is 5.92 Å². The molecule has 0 aliphatic carbocycles. The van der Waals surface area contributed by atoms with E-state index in [4.69, 9.17) is 15.3 Å². The summed E-state index contributed by atoms with van der Waals surface area (Å²) in [5.74, 6) is -2.28. The molecule has 0 saturated carbocycles. The third kappa shape index (κ3) is 4.02. The highest BCUT2D eigenvalue weighted by Crippen LogP contribution is 2.29. The molecule has 0 aliphatic rings. The molecule has 1 aromatic rings.